The summed E-state index contributed by atoms with van der Waals surface area (Å²) in [5.41, 5.74) is 6.17. The summed E-state index contributed by atoms with van der Waals surface area (Å²) >= 11 is 0. The lowest BCUT2D eigenvalue weighted by atomic mass is 9.82. The van der Waals surface area contributed by atoms with Crippen molar-refractivity contribution >= 4 is 24.0 Å². The minimum atomic E-state index is -0.728. The number of nitrogens with one attached hydrogen (secondary N) is 1. The molecule has 1 heterocycles. The molecule has 0 aromatic heterocycles. The molecule has 1 fully saturated rings. The Balaban J connectivity index is 0.00000147. The van der Waals surface area contributed by atoms with Gasteiger partial charge in [0.15, 0.2) is 11.5 Å². The topological polar surface area (TPSA) is 73.6 Å². The van der Waals surface area contributed by atoms with Crippen molar-refractivity contribution in [2.45, 2.75) is 37.6 Å². The van der Waals surface area contributed by atoms with E-state index in [0.29, 0.717) is 17.2 Å². The molecule has 1 aliphatic heterocycles. The van der Waals surface area contributed by atoms with Gasteiger partial charge in [-0.15, -0.1) is 12.4 Å². The van der Waals surface area contributed by atoms with Crippen molar-refractivity contribution in [1.29, 1.82) is 0 Å². The van der Waals surface area contributed by atoms with E-state index in [2.05, 4.69) is 5.32 Å². The Morgan fingerprint density at radius 2 is 1.85 bits per heavy atom. The zero-order chi connectivity index (χ0) is 13.3. The molecule has 0 spiro atoms. The van der Waals surface area contributed by atoms with E-state index in [1.165, 1.54) is 0 Å². The molecule has 0 saturated heterocycles. The molecule has 0 atom stereocenters. The maximum atomic E-state index is 12.3. The fourth-order valence-electron chi connectivity index (χ4n) is 2.64. The second-order valence-corrected chi connectivity index (χ2v) is 5.24. The van der Waals surface area contributed by atoms with Crippen molar-refractivity contribution in [2.75, 3.05) is 12.1 Å². The first kappa shape index (κ1) is 14.9. The predicted octanol–water partition coefficient (Wildman–Crippen LogP) is 2.44. The molecular weight excluding hydrogens is 280 g/mol. The van der Waals surface area contributed by atoms with Crippen LogP contribution in [0.15, 0.2) is 18.2 Å². The van der Waals surface area contributed by atoms with Crippen LogP contribution in [0.3, 0.4) is 0 Å². The van der Waals surface area contributed by atoms with Gasteiger partial charge in [-0.05, 0) is 25.0 Å². The SMILES string of the molecule is Cl.NC1(C(=O)Nc2ccc3c(c2)OCO3)CCCCC1. The Hall–Kier alpha value is -1.46. The molecule has 1 saturated carbocycles. The molecule has 0 unspecified atom stereocenters. The molecule has 0 radical (unpaired) electrons. The zero-order valence-electron chi connectivity index (χ0n) is 11.2. The number of fused-ring (bicyclic) bond motifs is 1. The maximum absolute atomic E-state index is 12.3. The Morgan fingerprint density at radius 3 is 2.60 bits per heavy atom. The molecule has 6 heteroatoms. The molecule has 3 N–H and O–H groups in total. The third-order valence-corrected chi connectivity index (χ3v) is 3.83. The van der Waals surface area contributed by atoms with Crippen LogP contribution in [-0.4, -0.2) is 18.2 Å². The highest BCUT2D eigenvalue weighted by molar-refractivity contribution is 5.98. The van der Waals surface area contributed by atoms with Crippen LogP contribution in [0.1, 0.15) is 32.1 Å². The van der Waals surface area contributed by atoms with E-state index < -0.39 is 5.54 Å². The van der Waals surface area contributed by atoms with Crippen molar-refractivity contribution in [3.8, 4) is 11.5 Å². The highest BCUT2D eigenvalue weighted by Gasteiger charge is 2.35. The van der Waals surface area contributed by atoms with E-state index in [1.54, 1.807) is 18.2 Å². The highest BCUT2D eigenvalue weighted by Crippen LogP contribution is 2.35. The second-order valence-electron chi connectivity index (χ2n) is 5.24. The number of amides is 1. The van der Waals surface area contributed by atoms with Gasteiger partial charge in [-0.2, -0.15) is 0 Å². The first-order valence-electron chi connectivity index (χ1n) is 6.67. The molecule has 1 amide bonds. The fourth-order valence-corrected chi connectivity index (χ4v) is 2.64. The number of rotatable bonds is 2. The van der Waals surface area contributed by atoms with E-state index >= 15 is 0 Å². The molecule has 1 aliphatic carbocycles. The van der Waals surface area contributed by atoms with E-state index in [4.69, 9.17) is 15.2 Å². The number of hydrogen-bond acceptors (Lipinski definition) is 4. The van der Waals surface area contributed by atoms with Gasteiger partial charge < -0.3 is 20.5 Å². The Kier molecular flexibility index (Phi) is 4.40. The van der Waals surface area contributed by atoms with Crippen molar-refractivity contribution in [3.05, 3.63) is 18.2 Å². The molecule has 5 nitrogen and oxygen atoms in total. The largest absolute Gasteiger partial charge is 0.454 e. The summed E-state index contributed by atoms with van der Waals surface area (Å²) in [6.07, 6.45) is 4.71. The summed E-state index contributed by atoms with van der Waals surface area (Å²) in [6.45, 7) is 0.230. The molecule has 1 aromatic rings. The lowest BCUT2D eigenvalue weighted by Gasteiger charge is -2.31. The highest BCUT2D eigenvalue weighted by atomic mass is 35.5. The summed E-state index contributed by atoms with van der Waals surface area (Å²) in [5, 5.41) is 2.88. The summed E-state index contributed by atoms with van der Waals surface area (Å²) in [4.78, 5) is 12.3. The number of halogens is 1. The van der Waals surface area contributed by atoms with Crippen LogP contribution >= 0.6 is 12.4 Å². The summed E-state index contributed by atoms with van der Waals surface area (Å²) in [6, 6.07) is 5.37. The van der Waals surface area contributed by atoms with Gasteiger partial charge in [0.05, 0.1) is 5.54 Å². The quantitative estimate of drug-likeness (QED) is 0.879. The van der Waals surface area contributed by atoms with Crippen LogP contribution in [0.4, 0.5) is 5.69 Å². The zero-order valence-corrected chi connectivity index (χ0v) is 12.0. The number of carbonyl (C=O) groups excluding carboxylic acids is 1. The van der Waals surface area contributed by atoms with Gasteiger partial charge >= 0.3 is 0 Å². The minimum absolute atomic E-state index is 0. The van der Waals surface area contributed by atoms with Crippen molar-refractivity contribution in [2.24, 2.45) is 5.73 Å². The summed E-state index contributed by atoms with van der Waals surface area (Å²) in [7, 11) is 0. The molecule has 2 aliphatic rings. The van der Waals surface area contributed by atoms with Gasteiger partial charge in [-0.1, -0.05) is 19.3 Å². The van der Waals surface area contributed by atoms with Crippen molar-refractivity contribution in [3.63, 3.8) is 0 Å². The van der Waals surface area contributed by atoms with E-state index in [1.807, 2.05) is 0 Å². The third kappa shape index (κ3) is 2.83. The Labute approximate surface area is 124 Å². The number of anilines is 1. The lowest BCUT2D eigenvalue weighted by Crippen LogP contribution is -2.52. The fraction of sp³-hybridized carbons (Fsp3) is 0.500. The van der Waals surface area contributed by atoms with Gasteiger partial charge in [0.25, 0.3) is 0 Å². The standard InChI is InChI=1S/C14H18N2O3.ClH/c15-14(6-2-1-3-7-14)13(17)16-10-4-5-11-12(8-10)19-9-18-11;/h4-5,8H,1-3,6-7,9,15H2,(H,16,17);1H. The number of nitrogens with two attached hydrogens (primary N) is 1. The molecular formula is C14H19ClN2O3. The predicted molar refractivity (Wildman–Crippen MR) is 78.4 cm³/mol. The van der Waals surface area contributed by atoms with Crippen LogP contribution in [0.25, 0.3) is 0 Å². The molecule has 0 bridgehead atoms. The average Bonchev–Trinajstić information content (AvgIpc) is 2.87. The van der Waals surface area contributed by atoms with E-state index in [9.17, 15) is 4.79 Å². The van der Waals surface area contributed by atoms with Crippen LogP contribution in [-0.2, 0) is 4.79 Å². The molecule has 20 heavy (non-hydrogen) atoms. The Morgan fingerprint density at radius 1 is 1.15 bits per heavy atom. The summed E-state index contributed by atoms with van der Waals surface area (Å²) in [5.74, 6) is 1.26. The Bertz CT molecular complexity index is 501. The molecule has 110 valence electrons. The van der Waals surface area contributed by atoms with Crippen molar-refractivity contribution < 1.29 is 14.3 Å². The number of hydrogen-bond donors (Lipinski definition) is 2. The average molecular weight is 299 g/mol. The normalized spacial score (nSPS) is 19.1. The second kappa shape index (κ2) is 5.89. The lowest BCUT2D eigenvalue weighted by molar-refractivity contribution is -0.122. The molecule has 1 aromatic carbocycles. The van der Waals surface area contributed by atoms with Crippen molar-refractivity contribution in [1.82, 2.24) is 0 Å². The first-order chi connectivity index (χ1) is 9.17. The summed E-state index contributed by atoms with van der Waals surface area (Å²) < 4.78 is 10.5. The van der Waals surface area contributed by atoms with Crippen LogP contribution in [0, 0.1) is 0 Å². The van der Waals surface area contributed by atoms with Crippen LogP contribution < -0.4 is 20.5 Å². The first-order valence-corrected chi connectivity index (χ1v) is 6.67. The van der Waals surface area contributed by atoms with Gasteiger partial charge in [0, 0.05) is 11.8 Å². The monoisotopic (exact) mass is 298 g/mol. The van der Waals surface area contributed by atoms with Gasteiger partial charge in [0.2, 0.25) is 12.7 Å². The number of carbonyl (C=O) groups is 1. The van der Waals surface area contributed by atoms with Gasteiger partial charge in [-0.3, -0.25) is 4.79 Å². The van der Waals surface area contributed by atoms with Gasteiger partial charge in [-0.25, -0.2) is 0 Å². The smallest absolute Gasteiger partial charge is 0.244 e. The maximum Gasteiger partial charge on any atom is 0.244 e. The van der Waals surface area contributed by atoms with E-state index in [-0.39, 0.29) is 25.1 Å². The van der Waals surface area contributed by atoms with Crippen LogP contribution in [0.5, 0.6) is 11.5 Å². The van der Waals surface area contributed by atoms with Crippen LogP contribution in [0.2, 0.25) is 0 Å². The van der Waals surface area contributed by atoms with Gasteiger partial charge in [0.1, 0.15) is 0 Å². The number of benzene rings is 1. The van der Waals surface area contributed by atoms with E-state index in [0.717, 1.165) is 32.1 Å². The number of ether oxygens (including phenoxy) is 2. The third-order valence-electron chi connectivity index (χ3n) is 3.83. The molecule has 3 rings (SSSR count). The minimum Gasteiger partial charge on any atom is -0.454 e.